The van der Waals surface area contributed by atoms with E-state index in [1.54, 1.807) is 0 Å². The zero-order valence-corrected chi connectivity index (χ0v) is 14.9. The molecule has 1 fully saturated rings. The SMILES string of the molecule is C[Se][C@H]1[C@H](O)[C@@H](COP(=O)(O)O)O[C@H]1n1cc(C)c(=O)[nH]c1=O. The second-order valence-corrected chi connectivity index (χ2v) is 8.39. The fourth-order valence-electron chi connectivity index (χ4n) is 2.28. The minimum absolute atomic E-state index is 0.134. The van der Waals surface area contributed by atoms with E-state index in [0.29, 0.717) is 5.56 Å². The van der Waals surface area contributed by atoms with E-state index in [1.807, 2.05) is 5.82 Å². The van der Waals surface area contributed by atoms with Gasteiger partial charge in [0.1, 0.15) is 0 Å². The number of ether oxygens (including phenoxy) is 1. The van der Waals surface area contributed by atoms with Gasteiger partial charge in [-0.15, -0.1) is 0 Å². The number of aliphatic hydroxyl groups excluding tert-OH is 1. The average Bonchev–Trinajstić information content (AvgIpc) is 2.76. The van der Waals surface area contributed by atoms with Crippen LogP contribution < -0.4 is 11.2 Å². The molecule has 0 spiro atoms. The molecule has 0 radical (unpaired) electrons. The molecule has 1 aromatic heterocycles. The molecule has 23 heavy (non-hydrogen) atoms. The number of aromatic nitrogens is 2. The zero-order valence-electron chi connectivity index (χ0n) is 12.3. The van der Waals surface area contributed by atoms with Crippen molar-refractivity contribution < 1.29 is 28.7 Å². The van der Waals surface area contributed by atoms with Crippen molar-refractivity contribution in [2.75, 3.05) is 6.61 Å². The van der Waals surface area contributed by atoms with Crippen LogP contribution in [0.2, 0.25) is 10.6 Å². The molecule has 0 bridgehead atoms. The van der Waals surface area contributed by atoms with E-state index in [4.69, 9.17) is 14.5 Å². The topological polar surface area (TPSA) is 151 Å². The van der Waals surface area contributed by atoms with Crippen LogP contribution in [0.15, 0.2) is 15.8 Å². The molecule has 0 unspecified atom stereocenters. The molecule has 1 aliphatic rings. The number of nitrogens with zero attached hydrogens (tertiary/aromatic N) is 1. The summed E-state index contributed by atoms with van der Waals surface area (Å²) in [6.07, 6.45) is -1.54. The summed E-state index contributed by atoms with van der Waals surface area (Å²) in [6.45, 7) is 1.02. The normalized spacial score (nSPS) is 28.2. The van der Waals surface area contributed by atoms with Crippen LogP contribution in [0.3, 0.4) is 0 Å². The molecule has 130 valence electrons. The van der Waals surface area contributed by atoms with Crippen LogP contribution in [-0.4, -0.2) is 58.2 Å². The van der Waals surface area contributed by atoms with Gasteiger partial charge in [-0.05, 0) is 0 Å². The van der Waals surface area contributed by atoms with E-state index in [0.717, 1.165) is 0 Å². The number of H-pyrrole nitrogens is 1. The summed E-state index contributed by atoms with van der Waals surface area (Å²) in [5, 5.41) is 10.3. The number of nitrogens with one attached hydrogen (secondary N) is 1. The van der Waals surface area contributed by atoms with Crippen molar-refractivity contribution in [2.24, 2.45) is 0 Å². The van der Waals surface area contributed by atoms with Crippen LogP contribution in [0, 0.1) is 6.92 Å². The molecule has 1 aliphatic heterocycles. The molecule has 0 saturated carbocycles. The van der Waals surface area contributed by atoms with E-state index in [1.165, 1.54) is 17.7 Å². The predicted molar refractivity (Wildman–Crippen MR) is 79.3 cm³/mol. The molecule has 2 rings (SSSR count). The monoisotopic (exact) mass is 416 g/mol. The van der Waals surface area contributed by atoms with Crippen molar-refractivity contribution in [3.63, 3.8) is 0 Å². The third-order valence-electron chi connectivity index (χ3n) is 3.41. The van der Waals surface area contributed by atoms with E-state index in [2.05, 4.69) is 9.51 Å². The third-order valence-corrected chi connectivity index (χ3v) is 6.11. The number of aromatic amines is 1. The first-order valence-electron chi connectivity index (χ1n) is 6.52. The predicted octanol–water partition coefficient (Wildman–Crippen LogP) is -1.25. The van der Waals surface area contributed by atoms with Crippen LogP contribution in [-0.2, 0) is 13.8 Å². The van der Waals surface area contributed by atoms with Gasteiger partial charge >= 0.3 is 136 Å². The Labute approximate surface area is 136 Å². The Morgan fingerprint density at radius 1 is 1.48 bits per heavy atom. The quantitative estimate of drug-likeness (QED) is 0.344. The number of phosphoric acid groups is 1. The third kappa shape index (κ3) is 4.20. The minimum atomic E-state index is -4.69. The molecule has 2 heterocycles. The van der Waals surface area contributed by atoms with Crippen LogP contribution in [0.25, 0.3) is 0 Å². The van der Waals surface area contributed by atoms with Crippen LogP contribution in [0.1, 0.15) is 11.8 Å². The maximum absolute atomic E-state index is 12.0. The van der Waals surface area contributed by atoms with E-state index >= 15 is 0 Å². The van der Waals surface area contributed by atoms with Gasteiger partial charge in [0.2, 0.25) is 0 Å². The molecule has 12 heteroatoms. The molecule has 1 saturated heterocycles. The number of hydrogen-bond acceptors (Lipinski definition) is 6. The van der Waals surface area contributed by atoms with Gasteiger partial charge < -0.3 is 0 Å². The fraction of sp³-hybridized carbons (Fsp3) is 0.636. The average molecular weight is 415 g/mol. The van der Waals surface area contributed by atoms with Crippen LogP contribution in [0.4, 0.5) is 0 Å². The molecular formula is C11H17N2O8PSe. The number of phosphoric ester groups is 1. The van der Waals surface area contributed by atoms with Crippen molar-refractivity contribution in [1.29, 1.82) is 0 Å². The second kappa shape index (κ2) is 7.00. The van der Waals surface area contributed by atoms with E-state index in [-0.39, 0.29) is 15.0 Å². The molecule has 0 amide bonds. The van der Waals surface area contributed by atoms with Gasteiger partial charge in [-0.3, -0.25) is 0 Å². The van der Waals surface area contributed by atoms with Gasteiger partial charge in [0, 0.05) is 0 Å². The van der Waals surface area contributed by atoms with Crippen molar-refractivity contribution in [2.45, 2.75) is 36.0 Å². The Bertz CT molecular complexity index is 727. The summed E-state index contributed by atoms with van der Waals surface area (Å²) < 4.78 is 21.9. The number of rotatable bonds is 5. The maximum atomic E-state index is 12.0. The molecule has 4 N–H and O–H groups in total. The summed E-state index contributed by atoms with van der Waals surface area (Å²) in [5.74, 6) is 1.84. The molecule has 0 aliphatic carbocycles. The van der Waals surface area contributed by atoms with Crippen molar-refractivity contribution in [1.82, 2.24) is 9.55 Å². The zero-order chi connectivity index (χ0) is 17.4. The van der Waals surface area contributed by atoms with Gasteiger partial charge in [-0.25, -0.2) is 0 Å². The second-order valence-electron chi connectivity index (χ2n) is 5.02. The first kappa shape index (κ1) is 18.6. The standard InChI is InChI=1S/C11H17N2O8PSe/c1-5-3-13(11(16)12-9(5)15)10-8(23-2)7(14)6(21-10)4-20-22(17,18)19/h3,6-8,10,14H,4H2,1-2H3,(H,12,15,16)(H2,17,18,19)/t6-,7-,8+,10-/m1/s1. The Morgan fingerprint density at radius 3 is 2.70 bits per heavy atom. The molecule has 10 nitrogen and oxygen atoms in total. The van der Waals surface area contributed by atoms with E-state index in [9.17, 15) is 19.3 Å². The van der Waals surface area contributed by atoms with Crippen molar-refractivity contribution in [3.05, 3.63) is 32.6 Å². The van der Waals surface area contributed by atoms with Gasteiger partial charge in [-0.1, -0.05) is 0 Å². The van der Waals surface area contributed by atoms with Crippen LogP contribution in [0.5, 0.6) is 0 Å². The summed E-state index contributed by atoms with van der Waals surface area (Å²) in [7, 11) is -4.69. The number of aryl methyl sites for hydroxylation is 1. The Hall–Kier alpha value is -0.771. The first-order valence-corrected chi connectivity index (χ1v) is 10.8. The fourth-order valence-corrected chi connectivity index (χ4v) is 4.47. The molecular weight excluding hydrogens is 398 g/mol. The van der Waals surface area contributed by atoms with Gasteiger partial charge in [-0.2, -0.15) is 0 Å². The summed E-state index contributed by atoms with van der Waals surface area (Å²) in [4.78, 5) is 42.6. The Balaban J connectivity index is 2.29. The summed E-state index contributed by atoms with van der Waals surface area (Å²) in [6, 6.07) is 0. The Morgan fingerprint density at radius 2 is 2.13 bits per heavy atom. The molecule has 0 aromatic carbocycles. The Kier molecular flexibility index (Phi) is 5.65. The molecule has 1 aromatic rings. The van der Waals surface area contributed by atoms with Gasteiger partial charge in [0.25, 0.3) is 0 Å². The van der Waals surface area contributed by atoms with Crippen molar-refractivity contribution in [3.8, 4) is 0 Å². The summed E-state index contributed by atoms with van der Waals surface area (Å²) in [5.41, 5.74) is -0.881. The van der Waals surface area contributed by atoms with Gasteiger partial charge in [0.15, 0.2) is 0 Å². The van der Waals surface area contributed by atoms with E-state index < -0.39 is 48.9 Å². The molecule has 4 atom stereocenters. The number of aliphatic hydroxyl groups is 1. The van der Waals surface area contributed by atoms with Gasteiger partial charge in [0.05, 0.1) is 0 Å². The number of hydrogen-bond donors (Lipinski definition) is 4. The van der Waals surface area contributed by atoms with Crippen molar-refractivity contribution >= 4 is 22.8 Å². The first-order chi connectivity index (χ1) is 10.6. The summed E-state index contributed by atoms with van der Waals surface area (Å²) >= 11 is -0.134. The van der Waals surface area contributed by atoms with Crippen LogP contribution >= 0.6 is 7.82 Å².